The Morgan fingerprint density at radius 1 is 1.30 bits per heavy atom. The molecule has 2 aliphatic rings. The van der Waals surface area contributed by atoms with E-state index in [-0.39, 0.29) is 17.8 Å². The molecular weight excluding hydrogens is 392 g/mol. The molecule has 0 amide bonds. The SMILES string of the molecule is C=C1C(=O)OC2/C=C(\CO)C(OC(C)=O)C/C=C(/C)CC(OC(=O)/C(C)=C\CO)C12. The third kappa shape index (κ3) is 5.67. The van der Waals surface area contributed by atoms with Crippen molar-refractivity contribution in [3.63, 3.8) is 0 Å². The lowest BCUT2D eigenvalue weighted by Crippen LogP contribution is -2.34. The molecule has 30 heavy (non-hydrogen) atoms. The number of fused-ring (bicyclic) bond motifs is 1. The molecule has 0 aromatic rings. The van der Waals surface area contributed by atoms with Gasteiger partial charge in [-0.25, -0.2) is 9.59 Å². The summed E-state index contributed by atoms with van der Waals surface area (Å²) in [5, 5.41) is 18.9. The van der Waals surface area contributed by atoms with Crippen molar-refractivity contribution in [2.24, 2.45) is 5.92 Å². The topological polar surface area (TPSA) is 119 Å². The maximum Gasteiger partial charge on any atom is 0.334 e. The van der Waals surface area contributed by atoms with E-state index in [4.69, 9.17) is 19.3 Å². The summed E-state index contributed by atoms with van der Waals surface area (Å²) in [7, 11) is 0. The third-order valence-corrected chi connectivity index (χ3v) is 5.13. The molecule has 8 nitrogen and oxygen atoms in total. The lowest BCUT2D eigenvalue weighted by atomic mass is 9.85. The van der Waals surface area contributed by atoms with Gasteiger partial charge in [0.2, 0.25) is 0 Å². The number of carbonyl (C=O) groups excluding carboxylic acids is 3. The molecule has 0 aromatic heterocycles. The molecule has 8 heteroatoms. The highest BCUT2D eigenvalue weighted by Crippen LogP contribution is 2.36. The Labute approximate surface area is 175 Å². The lowest BCUT2D eigenvalue weighted by molar-refractivity contribution is -0.148. The first-order chi connectivity index (χ1) is 14.2. The molecule has 0 spiro atoms. The Morgan fingerprint density at radius 2 is 2.00 bits per heavy atom. The average Bonchev–Trinajstić information content (AvgIpc) is 2.95. The lowest BCUT2D eigenvalue weighted by Gasteiger charge is -2.29. The Hall–Kier alpha value is -2.71. The summed E-state index contributed by atoms with van der Waals surface area (Å²) < 4.78 is 16.4. The zero-order chi connectivity index (χ0) is 22.4. The van der Waals surface area contributed by atoms with Crippen LogP contribution in [0.25, 0.3) is 0 Å². The molecule has 1 aliphatic carbocycles. The zero-order valence-electron chi connectivity index (χ0n) is 17.4. The molecule has 2 rings (SSSR count). The van der Waals surface area contributed by atoms with Crippen molar-refractivity contribution in [2.45, 2.75) is 51.9 Å². The van der Waals surface area contributed by atoms with Crippen LogP contribution in [0.15, 0.2) is 47.1 Å². The fraction of sp³-hybridized carbons (Fsp3) is 0.500. The Kier molecular flexibility index (Phi) is 8.14. The Morgan fingerprint density at radius 3 is 2.60 bits per heavy atom. The van der Waals surface area contributed by atoms with Gasteiger partial charge in [0, 0.05) is 30.9 Å². The number of carbonyl (C=O) groups is 3. The highest BCUT2D eigenvalue weighted by Gasteiger charge is 2.45. The van der Waals surface area contributed by atoms with Crippen LogP contribution < -0.4 is 0 Å². The van der Waals surface area contributed by atoms with E-state index in [2.05, 4.69) is 6.58 Å². The average molecular weight is 420 g/mol. The minimum atomic E-state index is -0.837. The fourth-order valence-electron chi connectivity index (χ4n) is 3.53. The van der Waals surface area contributed by atoms with Gasteiger partial charge >= 0.3 is 17.9 Å². The van der Waals surface area contributed by atoms with E-state index in [1.807, 2.05) is 13.0 Å². The van der Waals surface area contributed by atoms with Crippen molar-refractivity contribution in [2.75, 3.05) is 13.2 Å². The summed E-state index contributed by atoms with van der Waals surface area (Å²) in [5.74, 6) is -2.41. The van der Waals surface area contributed by atoms with Crippen LogP contribution in [0.1, 0.15) is 33.6 Å². The standard InChI is InChI=1S/C22H28O8/c1-12-5-6-17(28-15(4)25)16(11-24)10-19-20(14(3)22(27)30-19)18(9-12)29-21(26)13(2)7-8-23/h5,7,10,17-20,23-24H,3,6,8-9,11H2,1-2,4H3/b12-5-,13-7-,16-10+. The molecular formula is C22H28O8. The first kappa shape index (κ1) is 23.6. The van der Waals surface area contributed by atoms with Gasteiger partial charge in [0.1, 0.15) is 18.3 Å². The second kappa shape index (κ2) is 10.4. The van der Waals surface area contributed by atoms with Gasteiger partial charge in [-0.1, -0.05) is 18.2 Å². The maximum atomic E-state index is 12.4. The smallest absolute Gasteiger partial charge is 0.334 e. The number of rotatable bonds is 5. The second-order valence-corrected chi connectivity index (χ2v) is 7.42. The summed E-state index contributed by atoms with van der Waals surface area (Å²) in [6.07, 6.45) is 3.05. The van der Waals surface area contributed by atoms with Crippen LogP contribution in [0, 0.1) is 5.92 Å². The number of hydrogen-bond donors (Lipinski definition) is 2. The summed E-state index contributed by atoms with van der Waals surface area (Å²) in [4.78, 5) is 36.2. The highest BCUT2D eigenvalue weighted by atomic mass is 16.6. The molecule has 164 valence electrons. The van der Waals surface area contributed by atoms with E-state index >= 15 is 0 Å². The fourth-order valence-corrected chi connectivity index (χ4v) is 3.53. The van der Waals surface area contributed by atoms with E-state index < -0.39 is 48.7 Å². The van der Waals surface area contributed by atoms with Gasteiger partial charge in [-0.05, 0) is 31.6 Å². The molecule has 1 fully saturated rings. The Bertz CT molecular complexity index is 804. The zero-order valence-corrected chi connectivity index (χ0v) is 17.4. The number of hydrogen-bond acceptors (Lipinski definition) is 8. The van der Waals surface area contributed by atoms with Crippen LogP contribution in [-0.4, -0.2) is 59.6 Å². The molecule has 1 aliphatic heterocycles. The highest BCUT2D eigenvalue weighted by molar-refractivity contribution is 5.92. The molecule has 0 saturated carbocycles. The number of esters is 3. The van der Waals surface area contributed by atoms with Crippen molar-refractivity contribution < 1.29 is 38.8 Å². The normalized spacial score (nSPS) is 30.9. The summed E-state index contributed by atoms with van der Waals surface area (Å²) in [6, 6.07) is 0. The van der Waals surface area contributed by atoms with Crippen molar-refractivity contribution >= 4 is 17.9 Å². The monoisotopic (exact) mass is 420 g/mol. The number of ether oxygens (including phenoxy) is 3. The van der Waals surface area contributed by atoms with Crippen LogP contribution in [0.4, 0.5) is 0 Å². The largest absolute Gasteiger partial charge is 0.458 e. The van der Waals surface area contributed by atoms with Crippen LogP contribution in [0.5, 0.6) is 0 Å². The van der Waals surface area contributed by atoms with Gasteiger partial charge in [0.25, 0.3) is 0 Å². The Balaban J connectivity index is 2.46. The predicted molar refractivity (Wildman–Crippen MR) is 107 cm³/mol. The number of aliphatic hydroxyl groups is 2. The predicted octanol–water partition coefficient (Wildman–Crippen LogP) is 1.53. The van der Waals surface area contributed by atoms with E-state index in [1.54, 1.807) is 6.08 Å². The van der Waals surface area contributed by atoms with Gasteiger partial charge in [-0.2, -0.15) is 0 Å². The molecule has 0 aromatic carbocycles. The van der Waals surface area contributed by atoms with Gasteiger partial charge in [-0.15, -0.1) is 0 Å². The van der Waals surface area contributed by atoms with E-state index in [0.29, 0.717) is 18.4 Å². The molecule has 0 bridgehead atoms. The van der Waals surface area contributed by atoms with Crippen molar-refractivity contribution in [1.82, 2.24) is 0 Å². The van der Waals surface area contributed by atoms with E-state index in [1.165, 1.54) is 19.9 Å². The first-order valence-corrected chi connectivity index (χ1v) is 9.70. The molecule has 1 saturated heterocycles. The van der Waals surface area contributed by atoms with Gasteiger partial charge < -0.3 is 24.4 Å². The molecule has 1 heterocycles. The van der Waals surface area contributed by atoms with Crippen molar-refractivity contribution in [3.8, 4) is 0 Å². The minimum Gasteiger partial charge on any atom is -0.458 e. The maximum absolute atomic E-state index is 12.4. The summed E-state index contributed by atoms with van der Waals surface area (Å²) in [6.45, 7) is 7.75. The van der Waals surface area contributed by atoms with Gasteiger partial charge in [0.05, 0.1) is 19.1 Å². The van der Waals surface area contributed by atoms with Crippen molar-refractivity contribution in [1.29, 1.82) is 0 Å². The van der Waals surface area contributed by atoms with Crippen LogP contribution >= 0.6 is 0 Å². The first-order valence-electron chi connectivity index (χ1n) is 9.70. The minimum absolute atomic E-state index is 0.160. The summed E-state index contributed by atoms with van der Waals surface area (Å²) in [5.41, 5.74) is 1.63. The molecule has 4 unspecified atom stereocenters. The van der Waals surface area contributed by atoms with E-state index in [9.17, 15) is 19.5 Å². The summed E-state index contributed by atoms with van der Waals surface area (Å²) >= 11 is 0. The van der Waals surface area contributed by atoms with Gasteiger partial charge in [-0.3, -0.25) is 4.79 Å². The van der Waals surface area contributed by atoms with Crippen LogP contribution in [0.3, 0.4) is 0 Å². The van der Waals surface area contributed by atoms with E-state index in [0.717, 1.165) is 5.57 Å². The second-order valence-electron chi connectivity index (χ2n) is 7.42. The molecule has 2 N–H and O–H groups in total. The van der Waals surface area contributed by atoms with Crippen LogP contribution in [0.2, 0.25) is 0 Å². The molecule has 4 atom stereocenters. The molecule has 0 radical (unpaired) electrons. The van der Waals surface area contributed by atoms with Crippen molar-refractivity contribution in [3.05, 3.63) is 47.1 Å². The third-order valence-electron chi connectivity index (χ3n) is 5.13. The van der Waals surface area contributed by atoms with Crippen LogP contribution in [-0.2, 0) is 28.6 Å². The quantitative estimate of drug-likeness (QED) is 0.297. The number of aliphatic hydroxyl groups excluding tert-OH is 2. The van der Waals surface area contributed by atoms with Gasteiger partial charge in [0.15, 0.2) is 0 Å².